The van der Waals surface area contributed by atoms with Gasteiger partial charge in [-0.05, 0) is 38.3 Å². The van der Waals surface area contributed by atoms with Gasteiger partial charge in [-0.1, -0.05) is 26.0 Å². The molecule has 0 saturated carbocycles. The van der Waals surface area contributed by atoms with Gasteiger partial charge in [-0.3, -0.25) is 9.59 Å². The number of nitrogens with zero attached hydrogens (tertiary/aromatic N) is 1. The highest BCUT2D eigenvalue weighted by molar-refractivity contribution is 6.00. The van der Waals surface area contributed by atoms with Gasteiger partial charge in [0.25, 0.3) is 5.91 Å². The van der Waals surface area contributed by atoms with E-state index < -0.39 is 0 Å². The van der Waals surface area contributed by atoms with Gasteiger partial charge in [0, 0.05) is 12.5 Å². The van der Waals surface area contributed by atoms with Crippen molar-refractivity contribution in [2.24, 2.45) is 5.92 Å². The summed E-state index contributed by atoms with van der Waals surface area (Å²) in [6.07, 6.45) is 2.71. The molecule has 1 amide bonds. The molecule has 2 rings (SSSR count). The maximum atomic E-state index is 12.9. The lowest BCUT2D eigenvalue weighted by Crippen LogP contribution is -2.49. The zero-order valence-corrected chi connectivity index (χ0v) is 13.7. The summed E-state index contributed by atoms with van der Waals surface area (Å²) in [7, 11) is 0. The van der Waals surface area contributed by atoms with Crippen molar-refractivity contribution in [3.05, 3.63) is 29.8 Å². The number of carbonyl (C=O) groups excluding carboxylic acids is 2. The van der Waals surface area contributed by atoms with Crippen LogP contribution in [-0.2, 0) is 4.79 Å². The fourth-order valence-electron chi connectivity index (χ4n) is 2.93. The monoisotopic (exact) mass is 303 g/mol. The molecule has 1 aliphatic heterocycles. The predicted molar refractivity (Wildman–Crippen MR) is 86.1 cm³/mol. The zero-order chi connectivity index (χ0) is 16.1. The largest absolute Gasteiger partial charge is 0.493 e. The minimum absolute atomic E-state index is 0.0551. The molecule has 0 radical (unpaired) electrons. The molecule has 0 N–H and O–H groups in total. The van der Waals surface area contributed by atoms with Crippen molar-refractivity contribution in [2.75, 3.05) is 13.2 Å². The fraction of sp³-hybridized carbons (Fsp3) is 0.556. The van der Waals surface area contributed by atoms with E-state index in [0.29, 0.717) is 24.5 Å². The van der Waals surface area contributed by atoms with Crippen LogP contribution in [0.3, 0.4) is 0 Å². The molecule has 120 valence electrons. The van der Waals surface area contributed by atoms with E-state index in [1.54, 1.807) is 17.0 Å². The van der Waals surface area contributed by atoms with Crippen molar-refractivity contribution in [1.29, 1.82) is 0 Å². The normalized spacial score (nSPS) is 18.4. The van der Waals surface area contributed by atoms with E-state index in [-0.39, 0.29) is 23.7 Å². The average Bonchev–Trinajstić information content (AvgIpc) is 2.54. The van der Waals surface area contributed by atoms with Crippen molar-refractivity contribution >= 4 is 11.7 Å². The number of para-hydroxylation sites is 1. The predicted octanol–water partition coefficient (Wildman–Crippen LogP) is 3.31. The molecular formula is C18H25NO3. The fourth-order valence-corrected chi connectivity index (χ4v) is 2.93. The molecule has 1 fully saturated rings. The number of hydrogen-bond acceptors (Lipinski definition) is 3. The summed E-state index contributed by atoms with van der Waals surface area (Å²) < 4.78 is 5.56. The van der Waals surface area contributed by atoms with Gasteiger partial charge < -0.3 is 9.64 Å². The highest BCUT2D eigenvalue weighted by atomic mass is 16.5. The van der Waals surface area contributed by atoms with Gasteiger partial charge in [-0.15, -0.1) is 0 Å². The number of benzene rings is 1. The van der Waals surface area contributed by atoms with Crippen LogP contribution in [0.4, 0.5) is 0 Å². The molecule has 0 unspecified atom stereocenters. The summed E-state index contributed by atoms with van der Waals surface area (Å²) >= 11 is 0. The minimum Gasteiger partial charge on any atom is -0.493 e. The Balaban J connectivity index is 2.28. The summed E-state index contributed by atoms with van der Waals surface area (Å²) in [6, 6.07) is 6.97. The second-order valence-electron chi connectivity index (χ2n) is 6.00. The second kappa shape index (κ2) is 7.43. The van der Waals surface area contributed by atoms with E-state index in [0.717, 1.165) is 19.3 Å². The van der Waals surface area contributed by atoms with Gasteiger partial charge in [0.1, 0.15) is 5.75 Å². The SMILES string of the molecule is CCOc1ccccc1C(=O)N1CCCC[C@H]1C(=O)C(C)C. The van der Waals surface area contributed by atoms with E-state index in [1.165, 1.54) is 0 Å². The first-order valence-electron chi connectivity index (χ1n) is 8.12. The van der Waals surface area contributed by atoms with Crippen molar-refractivity contribution in [3.63, 3.8) is 0 Å². The van der Waals surface area contributed by atoms with E-state index in [4.69, 9.17) is 4.74 Å². The molecule has 1 aromatic carbocycles. The first-order valence-corrected chi connectivity index (χ1v) is 8.12. The van der Waals surface area contributed by atoms with Crippen LogP contribution in [0.1, 0.15) is 50.4 Å². The molecule has 0 aliphatic carbocycles. The molecule has 1 aromatic rings. The summed E-state index contributed by atoms with van der Waals surface area (Å²) in [5, 5.41) is 0. The summed E-state index contributed by atoms with van der Waals surface area (Å²) in [5.41, 5.74) is 0.549. The lowest BCUT2D eigenvalue weighted by molar-refractivity contribution is -0.127. The molecule has 22 heavy (non-hydrogen) atoms. The third kappa shape index (κ3) is 3.49. The maximum absolute atomic E-state index is 12.9. The molecule has 4 heteroatoms. The molecule has 1 aliphatic rings. The quantitative estimate of drug-likeness (QED) is 0.838. The molecule has 1 saturated heterocycles. The topological polar surface area (TPSA) is 46.6 Å². The number of likely N-dealkylation sites (tertiary alicyclic amines) is 1. The van der Waals surface area contributed by atoms with Crippen molar-refractivity contribution in [3.8, 4) is 5.75 Å². The Hall–Kier alpha value is -1.84. The van der Waals surface area contributed by atoms with Gasteiger partial charge in [0.2, 0.25) is 0 Å². The van der Waals surface area contributed by atoms with Crippen LogP contribution in [0.2, 0.25) is 0 Å². The van der Waals surface area contributed by atoms with Gasteiger partial charge in [0.15, 0.2) is 5.78 Å². The number of ether oxygens (including phenoxy) is 1. The Morgan fingerprint density at radius 1 is 1.27 bits per heavy atom. The molecule has 0 spiro atoms. The minimum atomic E-state index is -0.295. The van der Waals surface area contributed by atoms with Crippen LogP contribution < -0.4 is 4.74 Å². The van der Waals surface area contributed by atoms with Crippen LogP contribution in [-0.4, -0.2) is 35.8 Å². The highest BCUT2D eigenvalue weighted by Crippen LogP contribution is 2.26. The second-order valence-corrected chi connectivity index (χ2v) is 6.00. The summed E-state index contributed by atoms with van der Waals surface area (Å²) in [4.78, 5) is 27.1. The number of ketones is 1. The summed E-state index contributed by atoms with van der Waals surface area (Å²) in [5.74, 6) is 0.599. The van der Waals surface area contributed by atoms with Crippen LogP contribution in [0.5, 0.6) is 5.75 Å². The Morgan fingerprint density at radius 2 is 2.00 bits per heavy atom. The molecule has 0 aromatic heterocycles. The third-order valence-corrected chi connectivity index (χ3v) is 4.08. The van der Waals surface area contributed by atoms with Crippen LogP contribution >= 0.6 is 0 Å². The molecular weight excluding hydrogens is 278 g/mol. The van der Waals surface area contributed by atoms with E-state index >= 15 is 0 Å². The standard InChI is InChI=1S/C18H25NO3/c1-4-22-16-11-6-5-9-14(16)18(21)19-12-8-7-10-15(19)17(20)13(2)3/h5-6,9,11,13,15H,4,7-8,10,12H2,1-3H3/t15-/m0/s1. The van der Waals surface area contributed by atoms with E-state index in [9.17, 15) is 9.59 Å². The number of amides is 1. The van der Waals surface area contributed by atoms with Gasteiger partial charge in [0.05, 0.1) is 18.2 Å². The smallest absolute Gasteiger partial charge is 0.258 e. The average molecular weight is 303 g/mol. The molecule has 1 heterocycles. The maximum Gasteiger partial charge on any atom is 0.258 e. The Morgan fingerprint density at radius 3 is 2.68 bits per heavy atom. The van der Waals surface area contributed by atoms with Crippen LogP contribution in [0.25, 0.3) is 0 Å². The van der Waals surface area contributed by atoms with E-state index in [1.807, 2.05) is 32.9 Å². The Kier molecular flexibility index (Phi) is 5.58. The van der Waals surface area contributed by atoms with Crippen molar-refractivity contribution in [1.82, 2.24) is 4.90 Å². The van der Waals surface area contributed by atoms with Gasteiger partial charge in [-0.2, -0.15) is 0 Å². The van der Waals surface area contributed by atoms with Crippen molar-refractivity contribution in [2.45, 2.75) is 46.1 Å². The number of hydrogen-bond donors (Lipinski definition) is 0. The number of carbonyl (C=O) groups is 2. The van der Waals surface area contributed by atoms with E-state index in [2.05, 4.69) is 0 Å². The molecule has 1 atom stereocenters. The van der Waals surface area contributed by atoms with Gasteiger partial charge >= 0.3 is 0 Å². The zero-order valence-electron chi connectivity index (χ0n) is 13.7. The highest BCUT2D eigenvalue weighted by Gasteiger charge is 2.34. The van der Waals surface area contributed by atoms with Crippen molar-refractivity contribution < 1.29 is 14.3 Å². The number of Topliss-reactive ketones (excluding diaryl/α,β-unsaturated/α-hetero) is 1. The first-order chi connectivity index (χ1) is 10.6. The molecule has 0 bridgehead atoms. The lowest BCUT2D eigenvalue weighted by atomic mass is 9.92. The Labute approximate surface area is 132 Å². The summed E-state index contributed by atoms with van der Waals surface area (Å²) in [6.45, 7) is 6.84. The van der Waals surface area contributed by atoms with Crippen LogP contribution in [0.15, 0.2) is 24.3 Å². The number of piperidine rings is 1. The molecule has 4 nitrogen and oxygen atoms in total. The number of rotatable bonds is 5. The first kappa shape index (κ1) is 16.5. The van der Waals surface area contributed by atoms with Crippen LogP contribution in [0, 0.1) is 5.92 Å². The van der Waals surface area contributed by atoms with Gasteiger partial charge in [-0.25, -0.2) is 0 Å². The Bertz CT molecular complexity index is 539. The lowest BCUT2D eigenvalue weighted by Gasteiger charge is -2.36. The third-order valence-electron chi connectivity index (χ3n) is 4.08.